The van der Waals surface area contributed by atoms with E-state index in [1.165, 1.54) is 5.56 Å². The summed E-state index contributed by atoms with van der Waals surface area (Å²) >= 11 is 5.80. The molecular formula is C12H18ClNO2. The van der Waals surface area contributed by atoms with Gasteiger partial charge in [-0.2, -0.15) is 0 Å². The first-order chi connectivity index (χ1) is 7.76. The molecule has 0 radical (unpaired) electrons. The lowest BCUT2D eigenvalue weighted by atomic mass is 10.1. The van der Waals surface area contributed by atoms with Crippen molar-refractivity contribution in [3.63, 3.8) is 0 Å². The largest absolute Gasteiger partial charge is 0.355 e. The third-order valence-electron chi connectivity index (χ3n) is 2.34. The van der Waals surface area contributed by atoms with Gasteiger partial charge in [-0.25, -0.2) is 0 Å². The van der Waals surface area contributed by atoms with E-state index in [9.17, 15) is 0 Å². The van der Waals surface area contributed by atoms with Gasteiger partial charge in [0.25, 0.3) is 0 Å². The molecule has 0 amide bonds. The van der Waals surface area contributed by atoms with Crippen LogP contribution in [0.1, 0.15) is 5.56 Å². The number of hydrogen-bond acceptors (Lipinski definition) is 3. The van der Waals surface area contributed by atoms with Crippen LogP contribution in [0, 0.1) is 0 Å². The van der Waals surface area contributed by atoms with Gasteiger partial charge in [-0.15, -0.1) is 0 Å². The van der Waals surface area contributed by atoms with Gasteiger partial charge in [-0.1, -0.05) is 23.7 Å². The first-order valence-electron chi connectivity index (χ1n) is 5.27. The highest BCUT2D eigenvalue weighted by Crippen LogP contribution is 2.09. The lowest BCUT2D eigenvalue weighted by molar-refractivity contribution is -0.0986. The molecule has 0 aliphatic rings. The fourth-order valence-corrected chi connectivity index (χ4v) is 1.49. The molecule has 4 heteroatoms. The average Bonchev–Trinajstić information content (AvgIpc) is 2.32. The third-order valence-corrected chi connectivity index (χ3v) is 2.59. The second-order valence-electron chi connectivity index (χ2n) is 3.48. The number of ether oxygens (including phenoxy) is 2. The van der Waals surface area contributed by atoms with Crippen molar-refractivity contribution >= 4 is 11.6 Å². The topological polar surface area (TPSA) is 30.5 Å². The number of nitrogens with one attached hydrogen (secondary N) is 1. The van der Waals surface area contributed by atoms with E-state index in [1.807, 2.05) is 24.3 Å². The van der Waals surface area contributed by atoms with Crippen LogP contribution in [0.3, 0.4) is 0 Å². The van der Waals surface area contributed by atoms with Crippen LogP contribution in [-0.2, 0) is 15.9 Å². The molecule has 0 unspecified atom stereocenters. The van der Waals surface area contributed by atoms with Gasteiger partial charge in [-0.3, -0.25) is 0 Å². The Morgan fingerprint density at radius 2 is 1.81 bits per heavy atom. The van der Waals surface area contributed by atoms with Crippen LogP contribution < -0.4 is 5.32 Å². The van der Waals surface area contributed by atoms with Crippen LogP contribution in [0.15, 0.2) is 24.3 Å². The highest BCUT2D eigenvalue weighted by atomic mass is 35.5. The molecule has 90 valence electrons. The molecule has 0 aromatic heterocycles. The Labute approximate surface area is 102 Å². The number of benzene rings is 1. The maximum Gasteiger partial charge on any atom is 0.169 e. The van der Waals surface area contributed by atoms with Crippen LogP contribution in [0.4, 0.5) is 0 Å². The predicted molar refractivity (Wildman–Crippen MR) is 65.8 cm³/mol. The third kappa shape index (κ3) is 4.94. The van der Waals surface area contributed by atoms with E-state index in [4.69, 9.17) is 21.1 Å². The molecule has 0 aliphatic heterocycles. The normalized spacial score (nSPS) is 11.0. The molecule has 1 aromatic carbocycles. The molecule has 0 saturated heterocycles. The summed E-state index contributed by atoms with van der Waals surface area (Å²) in [7, 11) is 3.27. The van der Waals surface area contributed by atoms with E-state index in [-0.39, 0.29) is 6.29 Å². The Hall–Kier alpha value is -0.610. The second kappa shape index (κ2) is 7.63. The summed E-state index contributed by atoms with van der Waals surface area (Å²) in [6.07, 6.45) is 0.794. The molecular weight excluding hydrogens is 226 g/mol. The first kappa shape index (κ1) is 13.5. The Morgan fingerprint density at radius 3 is 2.38 bits per heavy atom. The van der Waals surface area contributed by atoms with Crippen molar-refractivity contribution in [2.24, 2.45) is 0 Å². The number of halogens is 1. The molecule has 0 fully saturated rings. The van der Waals surface area contributed by atoms with E-state index in [2.05, 4.69) is 5.32 Å². The van der Waals surface area contributed by atoms with Crippen LogP contribution in [0.25, 0.3) is 0 Å². The van der Waals surface area contributed by atoms with Gasteiger partial charge < -0.3 is 14.8 Å². The van der Waals surface area contributed by atoms with Crippen molar-refractivity contribution in [2.45, 2.75) is 12.7 Å². The highest BCUT2D eigenvalue weighted by Gasteiger charge is 2.02. The van der Waals surface area contributed by atoms with Crippen molar-refractivity contribution in [3.05, 3.63) is 34.9 Å². The van der Waals surface area contributed by atoms with Crippen molar-refractivity contribution in [2.75, 3.05) is 27.3 Å². The zero-order valence-electron chi connectivity index (χ0n) is 9.70. The standard InChI is InChI=1S/C12H18ClNO2/c1-15-12(16-2)9-14-8-7-10-3-5-11(13)6-4-10/h3-6,12,14H,7-9H2,1-2H3. The summed E-state index contributed by atoms with van der Waals surface area (Å²) in [4.78, 5) is 0. The molecule has 0 atom stereocenters. The second-order valence-corrected chi connectivity index (χ2v) is 3.92. The monoisotopic (exact) mass is 243 g/mol. The fraction of sp³-hybridized carbons (Fsp3) is 0.500. The summed E-state index contributed by atoms with van der Waals surface area (Å²) in [5.41, 5.74) is 1.27. The Morgan fingerprint density at radius 1 is 1.19 bits per heavy atom. The first-order valence-corrected chi connectivity index (χ1v) is 5.65. The molecule has 3 nitrogen and oxygen atoms in total. The van der Waals surface area contributed by atoms with E-state index in [1.54, 1.807) is 14.2 Å². The number of hydrogen-bond donors (Lipinski definition) is 1. The molecule has 0 aliphatic carbocycles. The average molecular weight is 244 g/mol. The molecule has 1 N–H and O–H groups in total. The molecule has 16 heavy (non-hydrogen) atoms. The molecule has 0 saturated carbocycles. The summed E-state index contributed by atoms with van der Waals surface area (Å²) in [5, 5.41) is 4.04. The van der Waals surface area contributed by atoms with Crippen molar-refractivity contribution < 1.29 is 9.47 Å². The van der Waals surface area contributed by atoms with E-state index < -0.39 is 0 Å². The quantitative estimate of drug-likeness (QED) is 0.588. The van der Waals surface area contributed by atoms with Crippen LogP contribution in [-0.4, -0.2) is 33.6 Å². The van der Waals surface area contributed by atoms with Gasteiger partial charge in [0.1, 0.15) is 0 Å². The van der Waals surface area contributed by atoms with Gasteiger partial charge in [0.05, 0.1) is 0 Å². The van der Waals surface area contributed by atoms with Gasteiger partial charge in [0.2, 0.25) is 0 Å². The Kier molecular flexibility index (Phi) is 6.42. The maximum absolute atomic E-state index is 5.80. The summed E-state index contributed by atoms with van der Waals surface area (Å²) in [6, 6.07) is 7.89. The molecule has 0 spiro atoms. The lowest BCUT2D eigenvalue weighted by Gasteiger charge is -2.13. The number of rotatable bonds is 7. The zero-order chi connectivity index (χ0) is 11.8. The smallest absolute Gasteiger partial charge is 0.169 e. The van der Waals surface area contributed by atoms with Gasteiger partial charge in [0, 0.05) is 25.8 Å². The van der Waals surface area contributed by atoms with E-state index >= 15 is 0 Å². The minimum absolute atomic E-state index is 0.176. The van der Waals surface area contributed by atoms with Crippen LogP contribution in [0.2, 0.25) is 5.02 Å². The molecule has 1 aromatic rings. The maximum atomic E-state index is 5.80. The SMILES string of the molecule is COC(CNCCc1ccc(Cl)cc1)OC. The van der Waals surface area contributed by atoms with Gasteiger partial charge in [-0.05, 0) is 30.7 Å². The summed E-state index contributed by atoms with van der Waals surface area (Å²) in [6.45, 7) is 1.59. The van der Waals surface area contributed by atoms with Crippen molar-refractivity contribution in [1.29, 1.82) is 0 Å². The van der Waals surface area contributed by atoms with Crippen LogP contribution >= 0.6 is 11.6 Å². The molecule has 0 heterocycles. The minimum Gasteiger partial charge on any atom is -0.355 e. The van der Waals surface area contributed by atoms with Gasteiger partial charge in [0.15, 0.2) is 6.29 Å². The Balaban J connectivity index is 2.18. The predicted octanol–water partition coefficient (Wildman–Crippen LogP) is 2.09. The van der Waals surface area contributed by atoms with Gasteiger partial charge >= 0.3 is 0 Å². The molecule has 1 rings (SSSR count). The van der Waals surface area contributed by atoms with E-state index in [0.717, 1.165) is 18.0 Å². The molecule has 0 bridgehead atoms. The van der Waals surface area contributed by atoms with Crippen molar-refractivity contribution in [3.8, 4) is 0 Å². The fourth-order valence-electron chi connectivity index (χ4n) is 1.37. The summed E-state index contributed by atoms with van der Waals surface area (Å²) in [5.74, 6) is 0. The highest BCUT2D eigenvalue weighted by molar-refractivity contribution is 6.30. The number of methoxy groups -OCH3 is 2. The zero-order valence-corrected chi connectivity index (χ0v) is 10.5. The van der Waals surface area contributed by atoms with E-state index in [0.29, 0.717) is 6.54 Å². The minimum atomic E-state index is -0.176. The lowest BCUT2D eigenvalue weighted by Crippen LogP contribution is -2.31. The van der Waals surface area contributed by atoms with Crippen molar-refractivity contribution in [1.82, 2.24) is 5.32 Å². The van der Waals surface area contributed by atoms with Crippen LogP contribution in [0.5, 0.6) is 0 Å². The summed E-state index contributed by atoms with van der Waals surface area (Å²) < 4.78 is 10.1. The Bertz CT molecular complexity index is 286.